The number of nitrogens with one attached hydrogen (secondary N) is 1. The molecule has 128 valence electrons. The Morgan fingerprint density at radius 3 is 2.48 bits per heavy atom. The Kier molecular flexibility index (Phi) is 4.36. The number of fused-ring (bicyclic) bond motifs is 2. The number of pyridine rings is 1. The minimum absolute atomic E-state index is 0.658. The van der Waals surface area contributed by atoms with Crippen molar-refractivity contribution in [1.82, 2.24) is 4.98 Å². The van der Waals surface area contributed by atoms with Gasteiger partial charge in [-0.15, -0.1) is 0 Å². The summed E-state index contributed by atoms with van der Waals surface area (Å²) in [7, 11) is 0. The molecule has 2 aromatic carbocycles. The Morgan fingerprint density at radius 1 is 1.04 bits per heavy atom. The van der Waals surface area contributed by atoms with E-state index >= 15 is 0 Å². The van der Waals surface area contributed by atoms with Crippen LogP contribution in [0.1, 0.15) is 13.3 Å². The molecule has 0 saturated carbocycles. The Balaban J connectivity index is 2.00. The SMILES string of the molecule is CCNc1ncc(-c2ccccc2Cl)c2cc3c(cc12)OCCCO3. The molecule has 1 aliphatic rings. The van der Waals surface area contributed by atoms with Crippen molar-refractivity contribution < 1.29 is 9.47 Å². The second-order valence-corrected chi connectivity index (χ2v) is 6.33. The van der Waals surface area contributed by atoms with E-state index in [-0.39, 0.29) is 0 Å². The molecule has 0 amide bonds. The number of benzene rings is 2. The maximum atomic E-state index is 6.43. The molecule has 1 aromatic heterocycles. The number of anilines is 1. The lowest BCUT2D eigenvalue weighted by Crippen LogP contribution is -2.01. The number of hydrogen-bond acceptors (Lipinski definition) is 4. The molecule has 1 aliphatic heterocycles. The third-order valence-corrected chi connectivity index (χ3v) is 4.59. The predicted octanol–water partition coefficient (Wildman–Crippen LogP) is 5.15. The molecular weight excluding hydrogens is 336 g/mol. The average Bonchev–Trinajstić information content (AvgIpc) is 2.86. The number of aromatic nitrogens is 1. The molecule has 0 aliphatic carbocycles. The maximum Gasteiger partial charge on any atom is 0.161 e. The lowest BCUT2D eigenvalue weighted by Gasteiger charge is -2.15. The summed E-state index contributed by atoms with van der Waals surface area (Å²) in [5.41, 5.74) is 1.94. The normalized spacial score (nSPS) is 13.5. The third kappa shape index (κ3) is 2.98. The largest absolute Gasteiger partial charge is 0.490 e. The van der Waals surface area contributed by atoms with Gasteiger partial charge in [-0.2, -0.15) is 0 Å². The molecule has 5 heteroatoms. The quantitative estimate of drug-likeness (QED) is 0.706. The molecule has 1 N–H and O–H groups in total. The fourth-order valence-corrected chi connectivity index (χ4v) is 3.34. The summed E-state index contributed by atoms with van der Waals surface area (Å²) >= 11 is 6.43. The van der Waals surface area contributed by atoms with Gasteiger partial charge in [0.05, 0.1) is 13.2 Å². The highest BCUT2D eigenvalue weighted by Crippen LogP contribution is 2.41. The van der Waals surface area contributed by atoms with Crippen LogP contribution in [-0.2, 0) is 0 Å². The third-order valence-electron chi connectivity index (χ3n) is 4.26. The number of halogens is 1. The fraction of sp³-hybridized carbons (Fsp3) is 0.250. The van der Waals surface area contributed by atoms with Crippen molar-refractivity contribution in [3.8, 4) is 22.6 Å². The van der Waals surface area contributed by atoms with Crippen LogP contribution in [0, 0.1) is 0 Å². The van der Waals surface area contributed by atoms with Crippen molar-refractivity contribution in [1.29, 1.82) is 0 Å². The number of ether oxygens (including phenoxy) is 2. The molecule has 0 unspecified atom stereocenters. The van der Waals surface area contributed by atoms with Gasteiger partial charge in [0.15, 0.2) is 11.5 Å². The van der Waals surface area contributed by atoms with E-state index in [1.807, 2.05) is 42.6 Å². The van der Waals surface area contributed by atoms with E-state index in [4.69, 9.17) is 21.1 Å². The van der Waals surface area contributed by atoms with Crippen LogP contribution in [0.25, 0.3) is 21.9 Å². The van der Waals surface area contributed by atoms with Crippen LogP contribution in [0.15, 0.2) is 42.6 Å². The molecule has 4 nitrogen and oxygen atoms in total. The van der Waals surface area contributed by atoms with Crippen LogP contribution in [-0.4, -0.2) is 24.7 Å². The molecule has 0 atom stereocenters. The predicted molar refractivity (Wildman–Crippen MR) is 102 cm³/mol. The maximum absolute atomic E-state index is 6.43. The van der Waals surface area contributed by atoms with Crippen molar-refractivity contribution in [3.63, 3.8) is 0 Å². The lowest BCUT2D eigenvalue weighted by atomic mass is 9.99. The van der Waals surface area contributed by atoms with Crippen LogP contribution in [0.2, 0.25) is 5.02 Å². The van der Waals surface area contributed by atoms with Crippen molar-refractivity contribution >= 4 is 28.2 Å². The summed E-state index contributed by atoms with van der Waals surface area (Å²) in [5, 5.41) is 6.08. The topological polar surface area (TPSA) is 43.4 Å². The highest BCUT2D eigenvalue weighted by molar-refractivity contribution is 6.33. The molecule has 4 rings (SSSR count). The lowest BCUT2D eigenvalue weighted by molar-refractivity contribution is 0.297. The summed E-state index contributed by atoms with van der Waals surface area (Å²) < 4.78 is 11.7. The van der Waals surface area contributed by atoms with Crippen LogP contribution in [0.3, 0.4) is 0 Å². The second kappa shape index (κ2) is 6.81. The zero-order chi connectivity index (χ0) is 17.2. The first kappa shape index (κ1) is 16.0. The van der Waals surface area contributed by atoms with Crippen LogP contribution >= 0.6 is 11.6 Å². The van der Waals surface area contributed by atoms with Gasteiger partial charge in [-0.05, 0) is 30.5 Å². The Labute approximate surface area is 151 Å². The Bertz CT molecular complexity index is 927. The van der Waals surface area contributed by atoms with Crippen LogP contribution in [0.4, 0.5) is 5.82 Å². The average molecular weight is 355 g/mol. The summed E-state index contributed by atoms with van der Waals surface area (Å²) in [5.74, 6) is 2.37. The first-order valence-electron chi connectivity index (χ1n) is 8.49. The van der Waals surface area contributed by atoms with Gasteiger partial charge in [-0.3, -0.25) is 0 Å². The fourth-order valence-electron chi connectivity index (χ4n) is 3.10. The number of hydrogen-bond donors (Lipinski definition) is 1. The van der Waals surface area contributed by atoms with E-state index in [1.165, 1.54) is 0 Å². The van der Waals surface area contributed by atoms with Crippen molar-refractivity contribution in [2.24, 2.45) is 0 Å². The van der Waals surface area contributed by atoms with Gasteiger partial charge in [-0.1, -0.05) is 29.8 Å². The van der Waals surface area contributed by atoms with E-state index in [0.29, 0.717) is 18.2 Å². The molecule has 0 saturated heterocycles. The molecule has 0 radical (unpaired) electrons. The standard InChI is InChI=1S/C20H19ClN2O2/c1-2-22-20-15-11-19-18(24-8-5-9-25-19)10-14(15)16(12-23-20)13-6-3-4-7-17(13)21/h3-4,6-7,10-12H,2,5,8-9H2,1H3,(H,22,23). The zero-order valence-electron chi connectivity index (χ0n) is 14.0. The molecule has 2 heterocycles. The number of nitrogens with zero attached hydrogens (tertiary/aromatic N) is 1. The molecule has 0 bridgehead atoms. The molecular formula is C20H19ClN2O2. The second-order valence-electron chi connectivity index (χ2n) is 5.93. The summed E-state index contributed by atoms with van der Waals surface area (Å²) in [6.45, 7) is 4.16. The van der Waals surface area contributed by atoms with Crippen LogP contribution in [0.5, 0.6) is 11.5 Å². The zero-order valence-corrected chi connectivity index (χ0v) is 14.8. The summed E-state index contributed by atoms with van der Waals surface area (Å²) in [4.78, 5) is 4.62. The number of rotatable bonds is 3. The molecule has 3 aromatic rings. The summed E-state index contributed by atoms with van der Waals surface area (Å²) in [6.07, 6.45) is 2.74. The molecule has 0 spiro atoms. The van der Waals surface area contributed by atoms with Crippen LogP contribution < -0.4 is 14.8 Å². The van der Waals surface area contributed by atoms with Gasteiger partial charge in [0, 0.05) is 40.7 Å². The van der Waals surface area contributed by atoms with E-state index < -0.39 is 0 Å². The minimum Gasteiger partial charge on any atom is -0.490 e. The smallest absolute Gasteiger partial charge is 0.161 e. The highest BCUT2D eigenvalue weighted by Gasteiger charge is 2.17. The van der Waals surface area contributed by atoms with Gasteiger partial charge in [0.2, 0.25) is 0 Å². The van der Waals surface area contributed by atoms with E-state index in [2.05, 4.69) is 17.2 Å². The van der Waals surface area contributed by atoms with Crippen molar-refractivity contribution in [2.75, 3.05) is 25.1 Å². The first-order chi connectivity index (χ1) is 12.3. The molecule has 25 heavy (non-hydrogen) atoms. The van der Waals surface area contributed by atoms with Gasteiger partial charge in [0.25, 0.3) is 0 Å². The van der Waals surface area contributed by atoms with Gasteiger partial charge < -0.3 is 14.8 Å². The monoisotopic (exact) mass is 354 g/mol. The van der Waals surface area contributed by atoms with Gasteiger partial charge >= 0.3 is 0 Å². The Morgan fingerprint density at radius 2 is 1.76 bits per heavy atom. The van der Waals surface area contributed by atoms with Crippen molar-refractivity contribution in [3.05, 3.63) is 47.6 Å². The van der Waals surface area contributed by atoms with E-state index in [9.17, 15) is 0 Å². The molecule has 0 fully saturated rings. The first-order valence-corrected chi connectivity index (χ1v) is 8.87. The van der Waals surface area contributed by atoms with Gasteiger partial charge in [0.1, 0.15) is 5.82 Å². The van der Waals surface area contributed by atoms with Gasteiger partial charge in [-0.25, -0.2) is 4.98 Å². The van der Waals surface area contributed by atoms with E-state index in [0.717, 1.165) is 52.2 Å². The summed E-state index contributed by atoms with van der Waals surface area (Å²) in [6, 6.07) is 11.9. The highest BCUT2D eigenvalue weighted by atomic mass is 35.5. The van der Waals surface area contributed by atoms with E-state index in [1.54, 1.807) is 0 Å². The Hall–Kier alpha value is -2.46. The van der Waals surface area contributed by atoms with Crippen molar-refractivity contribution in [2.45, 2.75) is 13.3 Å². The minimum atomic E-state index is 0.658.